The number of benzene rings is 1. The second-order valence-electron chi connectivity index (χ2n) is 4.68. The highest BCUT2D eigenvalue weighted by atomic mass is 19.1. The molecule has 0 radical (unpaired) electrons. The molecule has 1 aliphatic rings. The van der Waals surface area contributed by atoms with Gasteiger partial charge >= 0.3 is 0 Å². The van der Waals surface area contributed by atoms with Gasteiger partial charge in [0.1, 0.15) is 5.82 Å². The number of hydrogen-bond acceptors (Lipinski definition) is 1. The van der Waals surface area contributed by atoms with Gasteiger partial charge in [-0.3, -0.25) is 4.79 Å². The van der Waals surface area contributed by atoms with E-state index < -0.39 is 0 Å². The van der Waals surface area contributed by atoms with Crippen LogP contribution in [0.15, 0.2) is 24.3 Å². The van der Waals surface area contributed by atoms with Gasteiger partial charge in [0.15, 0.2) is 0 Å². The van der Waals surface area contributed by atoms with Gasteiger partial charge in [-0.2, -0.15) is 0 Å². The first-order valence-corrected chi connectivity index (χ1v) is 6.32. The molecular formula is C14H18FNO. The summed E-state index contributed by atoms with van der Waals surface area (Å²) in [6.45, 7) is 0. The Morgan fingerprint density at radius 1 is 1.06 bits per heavy atom. The van der Waals surface area contributed by atoms with Crippen molar-refractivity contribution in [2.24, 2.45) is 5.92 Å². The minimum absolute atomic E-state index is 0.0820. The predicted octanol–water partition coefficient (Wildman–Crippen LogP) is 3.73. The number of hydrogen-bond donors (Lipinski definition) is 1. The molecule has 2 nitrogen and oxygen atoms in total. The van der Waals surface area contributed by atoms with Gasteiger partial charge in [0.25, 0.3) is 0 Å². The Morgan fingerprint density at radius 2 is 1.65 bits per heavy atom. The molecular weight excluding hydrogens is 217 g/mol. The van der Waals surface area contributed by atoms with Crippen molar-refractivity contribution < 1.29 is 9.18 Å². The van der Waals surface area contributed by atoms with E-state index in [4.69, 9.17) is 0 Å². The zero-order valence-electron chi connectivity index (χ0n) is 9.92. The highest BCUT2D eigenvalue weighted by molar-refractivity contribution is 5.92. The van der Waals surface area contributed by atoms with Crippen LogP contribution in [-0.4, -0.2) is 5.91 Å². The van der Waals surface area contributed by atoms with Gasteiger partial charge in [-0.1, -0.05) is 25.7 Å². The molecule has 0 aromatic heterocycles. The number of carbonyl (C=O) groups is 1. The van der Waals surface area contributed by atoms with Crippen molar-refractivity contribution >= 4 is 11.6 Å². The van der Waals surface area contributed by atoms with Crippen molar-refractivity contribution in [3.05, 3.63) is 30.1 Å². The SMILES string of the molecule is O=C(Nc1ccc(F)cc1)C1CCCCCC1. The summed E-state index contributed by atoms with van der Waals surface area (Å²) < 4.78 is 12.7. The Morgan fingerprint density at radius 3 is 2.24 bits per heavy atom. The average Bonchev–Trinajstić information content (AvgIpc) is 2.61. The van der Waals surface area contributed by atoms with Crippen molar-refractivity contribution in [2.75, 3.05) is 5.32 Å². The van der Waals surface area contributed by atoms with Gasteiger partial charge < -0.3 is 5.32 Å². The first-order valence-electron chi connectivity index (χ1n) is 6.32. The third-order valence-electron chi connectivity index (χ3n) is 3.34. The van der Waals surface area contributed by atoms with Crippen LogP contribution in [0.25, 0.3) is 0 Å². The van der Waals surface area contributed by atoms with Crippen molar-refractivity contribution in [1.29, 1.82) is 0 Å². The molecule has 3 heteroatoms. The molecule has 17 heavy (non-hydrogen) atoms. The Balaban J connectivity index is 1.93. The van der Waals surface area contributed by atoms with E-state index in [1.165, 1.54) is 25.0 Å². The monoisotopic (exact) mass is 235 g/mol. The second-order valence-corrected chi connectivity index (χ2v) is 4.68. The minimum atomic E-state index is -0.280. The molecule has 0 spiro atoms. The zero-order chi connectivity index (χ0) is 12.1. The third-order valence-corrected chi connectivity index (χ3v) is 3.34. The van der Waals surface area contributed by atoms with Crippen molar-refractivity contribution in [2.45, 2.75) is 38.5 Å². The third kappa shape index (κ3) is 3.55. The van der Waals surface area contributed by atoms with Crippen molar-refractivity contribution in [3.63, 3.8) is 0 Å². The predicted molar refractivity (Wildman–Crippen MR) is 66.2 cm³/mol. The number of halogens is 1. The van der Waals surface area contributed by atoms with E-state index in [1.807, 2.05) is 0 Å². The average molecular weight is 235 g/mol. The van der Waals surface area contributed by atoms with Gasteiger partial charge in [0.2, 0.25) is 5.91 Å². The standard InChI is InChI=1S/C14H18FNO/c15-12-7-9-13(10-8-12)16-14(17)11-5-3-1-2-4-6-11/h7-11H,1-6H2,(H,16,17). The molecule has 0 bridgehead atoms. The molecule has 0 heterocycles. The maximum Gasteiger partial charge on any atom is 0.227 e. The summed E-state index contributed by atoms with van der Waals surface area (Å²) in [5, 5.41) is 2.86. The molecule has 1 aliphatic carbocycles. The number of rotatable bonds is 2. The van der Waals surface area contributed by atoms with Crippen molar-refractivity contribution in [1.82, 2.24) is 0 Å². The molecule has 1 aromatic rings. The van der Waals surface area contributed by atoms with Crippen LogP contribution >= 0.6 is 0 Å². The largest absolute Gasteiger partial charge is 0.326 e. The Hall–Kier alpha value is -1.38. The Kier molecular flexibility index (Phi) is 4.13. The van der Waals surface area contributed by atoms with Gasteiger partial charge in [-0.15, -0.1) is 0 Å². The zero-order valence-corrected chi connectivity index (χ0v) is 9.92. The molecule has 0 atom stereocenters. The first kappa shape index (κ1) is 12.1. The fraction of sp³-hybridized carbons (Fsp3) is 0.500. The van der Waals surface area contributed by atoms with E-state index in [2.05, 4.69) is 5.32 Å². The molecule has 2 rings (SSSR count). The lowest BCUT2D eigenvalue weighted by atomic mass is 9.99. The number of anilines is 1. The quantitative estimate of drug-likeness (QED) is 0.777. The first-order chi connectivity index (χ1) is 8.25. The normalized spacial score (nSPS) is 17.5. The van der Waals surface area contributed by atoms with Crippen LogP contribution < -0.4 is 5.32 Å². The second kappa shape index (κ2) is 5.80. The smallest absolute Gasteiger partial charge is 0.227 e. The molecule has 1 amide bonds. The topological polar surface area (TPSA) is 29.1 Å². The van der Waals surface area contributed by atoms with E-state index in [9.17, 15) is 9.18 Å². The maximum atomic E-state index is 12.7. The molecule has 0 saturated heterocycles. The molecule has 0 aliphatic heterocycles. The van der Waals surface area contributed by atoms with E-state index in [0.29, 0.717) is 5.69 Å². The van der Waals surface area contributed by atoms with Crippen LogP contribution in [0.1, 0.15) is 38.5 Å². The van der Waals surface area contributed by atoms with Crippen LogP contribution in [0.5, 0.6) is 0 Å². The summed E-state index contributed by atoms with van der Waals surface area (Å²) in [5.41, 5.74) is 0.681. The summed E-state index contributed by atoms with van der Waals surface area (Å²) in [7, 11) is 0. The summed E-state index contributed by atoms with van der Waals surface area (Å²) in [4.78, 5) is 12.0. The van der Waals surface area contributed by atoms with Gasteiger partial charge in [0, 0.05) is 11.6 Å². The summed E-state index contributed by atoms with van der Waals surface area (Å²) in [5.74, 6) is -0.0708. The van der Waals surface area contributed by atoms with Crippen LogP contribution in [0.4, 0.5) is 10.1 Å². The fourth-order valence-electron chi connectivity index (χ4n) is 2.32. The lowest BCUT2D eigenvalue weighted by molar-refractivity contribution is -0.120. The highest BCUT2D eigenvalue weighted by Crippen LogP contribution is 2.24. The molecule has 1 saturated carbocycles. The molecule has 1 fully saturated rings. The summed E-state index contributed by atoms with van der Waals surface area (Å²) >= 11 is 0. The van der Waals surface area contributed by atoms with Crippen molar-refractivity contribution in [3.8, 4) is 0 Å². The molecule has 0 unspecified atom stereocenters. The summed E-state index contributed by atoms with van der Waals surface area (Å²) in [6.07, 6.45) is 6.71. The maximum absolute atomic E-state index is 12.7. The number of amides is 1. The van der Waals surface area contributed by atoms with Crippen LogP contribution in [0.3, 0.4) is 0 Å². The fourth-order valence-corrected chi connectivity index (χ4v) is 2.32. The lowest BCUT2D eigenvalue weighted by Crippen LogP contribution is -2.22. The minimum Gasteiger partial charge on any atom is -0.326 e. The summed E-state index contributed by atoms with van der Waals surface area (Å²) in [6, 6.07) is 5.93. The van der Waals surface area contributed by atoms with Crippen LogP contribution in [0.2, 0.25) is 0 Å². The molecule has 1 aromatic carbocycles. The number of nitrogens with one attached hydrogen (secondary N) is 1. The van der Waals surface area contributed by atoms with Crippen LogP contribution in [-0.2, 0) is 4.79 Å². The Bertz CT molecular complexity index is 366. The van der Waals surface area contributed by atoms with E-state index in [1.54, 1.807) is 12.1 Å². The van der Waals surface area contributed by atoms with Gasteiger partial charge in [0.05, 0.1) is 0 Å². The van der Waals surface area contributed by atoms with E-state index in [-0.39, 0.29) is 17.6 Å². The molecule has 1 N–H and O–H groups in total. The van der Waals surface area contributed by atoms with E-state index >= 15 is 0 Å². The molecule has 92 valence electrons. The Labute approximate surface area is 101 Å². The van der Waals surface area contributed by atoms with Gasteiger partial charge in [-0.05, 0) is 37.1 Å². The van der Waals surface area contributed by atoms with Gasteiger partial charge in [-0.25, -0.2) is 4.39 Å². The van der Waals surface area contributed by atoms with E-state index in [0.717, 1.165) is 25.7 Å². The highest BCUT2D eigenvalue weighted by Gasteiger charge is 2.19. The lowest BCUT2D eigenvalue weighted by Gasteiger charge is -2.13. The van der Waals surface area contributed by atoms with Crippen LogP contribution in [0, 0.1) is 11.7 Å². The number of carbonyl (C=O) groups excluding carboxylic acids is 1.